The SMILES string of the molecule is COc1cccc(-c2c(-c3ccccc3Cl)noc2N)c1. The number of benzene rings is 2. The standard InChI is InChI=1S/C16H13ClN2O2/c1-20-11-6-4-5-10(9-11)14-15(19-21-16(14)18)12-7-2-3-8-13(12)17/h2-9H,18H2,1H3. The number of anilines is 1. The van der Waals surface area contributed by atoms with Crippen molar-refractivity contribution in [3.8, 4) is 28.1 Å². The number of methoxy groups -OCH3 is 1. The van der Waals surface area contributed by atoms with Crippen LogP contribution in [0, 0.1) is 0 Å². The summed E-state index contributed by atoms with van der Waals surface area (Å²) in [4.78, 5) is 0. The molecule has 0 unspecified atom stereocenters. The Bertz CT molecular complexity index is 783. The molecule has 1 aromatic heterocycles. The van der Waals surface area contributed by atoms with Gasteiger partial charge >= 0.3 is 0 Å². The number of nitrogens with two attached hydrogens (primary N) is 1. The maximum Gasteiger partial charge on any atom is 0.230 e. The Hall–Kier alpha value is -2.46. The van der Waals surface area contributed by atoms with Crippen LogP contribution in [0.4, 0.5) is 5.88 Å². The molecule has 0 aliphatic carbocycles. The minimum atomic E-state index is 0.248. The molecule has 0 spiro atoms. The fraction of sp³-hybridized carbons (Fsp3) is 0.0625. The van der Waals surface area contributed by atoms with Crippen molar-refractivity contribution in [1.82, 2.24) is 5.16 Å². The number of aromatic nitrogens is 1. The molecule has 2 N–H and O–H groups in total. The number of halogens is 1. The molecule has 0 aliphatic rings. The van der Waals surface area contributed by atoms with Gasteiger partial charge in [0, 0.05) is 5.56 Å². The molecule has 106 valence electrons. The van der Waals surface area contributed by atoms with Crippen molar-refractivity contribution in [3.05, 3.63) is 53.6 Å². The summed E-state index contributed by atoms with van der Waals surface area (Å²) < 4.78 is 10.4. The Kier molecular flexibility index (Phi) is 3.54. The van der Waals surface area contributed by atoms with Gasteiger partial charge in [0.1, 0.15) is 11.4 Å². The van der Waals surface area contributed by atoms with Crippen LogP contribution in [0.3, 0.4) is 0 Å². The third-order valence-corrected chi connectivity index (χ3v) is 3.54. The number of nitrogen functional groups attached to an aromatic ring is 1. The van der Waals surface area contributed by atoms with Gasteiger partial charge in [-0.1, -0.05) is 47.1 Å². The van der Waals surface area contributed by atoms with E-state index in [1.807, 2.05) is 42.5 Å². The molecule has 4 nitrogen and oxygen atoms in total. The first-order valence-electron chi connectivity index (χ1n) is 6.35. The highest BCUT2D eigenvalue weighted by Crippen LogP contribution is 2.39. The second-order valence-corrected chi connectivity index (χ2v) is 4.89. The van der Waals surface area contributed by atoms with Crippen molar-refractivity contribution in [2.45, 2.75) is 0 Å². The summed E-state index contributed by atoms with van der Waals surface area (Å²) in [5.74, 6) is 0.983. The van der Waals surface area contributed by atoms with E-state index in [1.165, 1.54) is 0 Å². The molecule has 0 fully saturated rings. The van der Waals surface area contributed by atoms with Crippen molar-refractivity contribution in [2.24, 2.45) is 0 Å². The Morgan fingerprint density at radius 2 is 1.95 bits per heavy atom. The average molecular weight is 301 g/mol. The highest BCUT2D eigenvalue weighted by molar-refractivity contribution is 6.33. The predicted molar refractivity (Wildman–Crippen MR) is 83.3 cm³/mol. The largest absolute Gasteiger partial charge is 0.497 e. The fourth-order valence-electron chi connectivity index (χ4n) is 2.20. The fourth-order valence-corrected chi connectivity index (χ4v) is 2.42. The van der Waals surface area contributed by atoms with Crippen molar-refractivity contribution in [1.29, 1.82) is 0 Å². The van der Waals surface area contributed by atoms with E-state index in [1.54, 1.807) is 13.2 Å². The van der Waals surface area contributed by atoms with Gasteiger partial charge in [0.25, 0.3) is 0 Å². The van der Waals surface area contributed by atoms with Gasteiger partial charge in [-0.25, -0.2) is 0 Å². The molecule has 0 radical (unpaired) electrons. The zero-order valence-electron chi connectivity index (χ0n) is 11.3. The molecular weight excluding hydrogens is 288 g/mol. The smallest absolute Gasteiger partial charge is 0.230 e. The Morgan fingerprint density at radius 3 is 2.71 bits per heavy atom. The average Bonchev–Trinajstić information content (AvgIpc) is 2.89. The summed E-state index contributed by atoms with van der Waals surface area (Å²) in [6.45, 7) is 0. The van der Waals surface area contributed by atoms with E-state index >= 15 is 0 Å². The van der Waals surface area contributed by atoms with Gasteiger partial charge in [-0.15, -0.1) is 0 Å². The monoisotopic (exact) mass is 300 g/mol. The molecule has 0 saturated heterocycles. The summed E-state index contributed by atoms with van der Waals surface area (Å²) in [5.41, 5.74) is 8.91. The lowest BCUT2D eigenvalue weighted by Crippen LogP contribution is -1.89. The molecule has 3 rings (SSSR count). The second-order valence-electron chi connectivity index (χ2n) is 4.48. The van der Waals surface area contributed by atoms with Crippen LogP contribution >= 0.6 is 11.6 Å². The zero-order chi connectivity index (χ0) is 14.8. The quantitative estimate of drug-likeness (QED) is 0.785. The van der Waals surface area contributed by atoms with Crippen LogP contribution < -0.4 is 10.5 Å². The molecule has 0 amide bonds. The molecule has 0 aliphatic heterocycles. The van der Waals surface area contributed by atoms with Crippen LogP contribution in [0.2, 0.25) is 5.02 Å². The van der Waals surface area contributed by atoms with Gasteiger partial charge in [0.15, 0.2) is 0 Å². The van der Waals surface area contributed by atoms with E-state index in [0.29, 0.717) is 16.3 Å². The maximum absolute atomic E-state index is 6.24. The Morgan fingerprint density at radius 1 is 1.14 bits per heavy atom. The van der Waals surface area contributed by atoms with Gasteiger partial charge < -0.3 is 15.0 Å². The van der Waals surface area contributed by atoms with Crippen LogP contribution in [0.15, 0.2) is 53.1 Å². The number of nitrogens with zero attached hydrogens (tertiary/aromatic N) is 1. The lowest BCUT2D eigenvalue weighted by Gasteiger charge is -2.06. The van der Waals surface area contributed by atoms with E-state index in [-0.39, 0.29) is 5.88 Å². The molecule has 21 heavy (non-hydrogen) atoms. The topological polar surface area (TPSA) is 61.3 Å². The van der Waals surface area contributed by atoms with E-state index in [9.17, 15) is 0 Å². The lowest BCUT2D eigenvalue weighted by atomic mass is 10.0. The van der Waals surface area contributed by atoms with Gasteiger partial charge in [-0.2, -0.15) is 0 Å². The Labute approximate surface area is 127 Å². The molecule has 3 aromatic rings. The van der Waals surface area contributed by atoms with Crippen molar-refractivity contribution in [3.63, 3.8) is 0 Å². The van der Waals surface area contributed by atoms with E-state index < -0.39 is 0 Å². The molecule has 1 heterocycles. The molecule has 0 saturated carbocycles. The maximum atomic E-state index is 6.24. The van der Waals surface area contributed by atoms with Crippen molar-refractivity contribution >= 4 is 17.5 Å². The van der Waals surface area contributed by atoms with Gasteiger partial charge in [-0.3, -0.25) is 0 Å². The van der Waals surface area contributed by atoms with Crippen LogP contribution in [-0.4, -0.2) is 12.3 Å². The minimum Gasteiger partial charge on any atom is -0.497 e. The third kappa shape index (κ3) is 2.45. The highest BCUT2D eigenvalue weighted by atomic mass is 35.5. The normalized spacial score (nSPS) is 10.6. The molecule has 2 aromatic carbocycles. The molecule has 5 heteroatoms. The highest BCUT2D eigenvalue weighted by Gasteiger charge is 2.19. The van der Waals surface area contributed by atoms with Crippen LogP contribution in [0.1, 0.15) is 0 Å². The third-order valence-electron chi connectivity index (χ3n) is 3.21. The number of ether oxygens (including phenoxy) is 1. The van der Waals surface area contributed by atoms with E-state index in [0.717, 1.165) is 16.9 Å². The van der Waals surface area contributed by atoms with Crippen LogP contribution in [0.25, 0.3) is 22.4 Å². The van der Waals surface area contributed by atoms with Gasteiger partial charge in [0.05, 0.1) is 17.7 Å². The van der Waals surface area contributed by atoms with Crippen LogP contribution in [-0.2, 0) is 0 Å². The summed E-state index contributed by atoms with van der Waals surface area (Å²) >= 11 is 6.24. The first-order chi connectivity index (χ1) is 10.2. The summed E-state index contributed by atoms with van der Waals surface area (Å²) in [5, 5.41) is 4.65. The van der Waals surface area contributed by atoms with Gasteiger partial charge in [-0.05, 0) is 23.8 Å². The number of rotatable bonds is 3. The van der Waals surface area contributed by atoms with E-state index in [2.05, 4.69) is 5.16 Å². The second kappa shape index (κ2) is 5.50. The zero-order valence-corrected chi connectivity index (χ0v) is 12.1. The molecule has 0 atom stereocenters. The Balaban J connectivity index is 2.20. The van der Waals surface area contributed by atoms with E-state index in [4.69, 9.17) is 26.6 Å². The van der Waals surface area contributed by atoms with Crippen molar-refractivity contribution in [2.75, 3.05) is 12.8 Å². The summed E-state index contributed by atoms with van der Waals surface area (Å²) in [7, 11) is 1.62. The molecular formula is C16H13ClN2O2. The first kappa shape index (κ1) is 13.5. The summed E-state index contributed by atoms with van der Waals surface area (Å²) in [6.07, 6.45) is 0. The van der Waals surface area contributed by atoms with Crippen molar-refractivity contribution < 1.29 is 9.26 Å². The number of hydrogen-bond acceptors (Lipinski definition) is 4. The van der Waals surface area contributed by atoms with Gasteiger partial charge in [0.2, 0.25) is 5.88 Å². The predicted octanol–water partition coefficient (Wildman–Crippen LogP) is 4.25. The minimum absolute atomic E-state index is 0.248. The lowest BCUT2D eigenvalue weighted by molar-refractivity contribution is 0.415. The summed E-state index contributed by atoms with van der Waals surface area (Å²) in [6, 6.07) is 15.0. The molecule has 0 bridgehead atoms. The number of hydrogen-bond donors (Lipinski definition) is 1. The first-order valence-corrected chi connectivity index (χ1v) is 6.73. The van der Waals surface area contributed by atoms with Crippen LogP contribution in [0.5, 0.6) is 5.75 Å².